The van der Waals surface area contributed by atoms with Crippen molar-refractivity contribution >= 4 is 21.6 Å². The molecule has 118 valence electrons. The summed E-state index contributed by atoms with van der Waals surface area (Å²) in [5.74, 6) is -0.669. The summed E-state index contributed by atoms with van der Waals surface area (Å²) >= 11 is 5.60. The molecule has 0 heterocycles. The van der Waals surface area contributed by atoms with Gasteiger partial charge in [-0.15, -0.1) is 0 Å². The molecule has 2 rings (SSSR count). The Morgan fingerprint density at radius 3 is 2.43 bits per heavy atom. The Morgan fingerprint density at radius 2 is 1.86 bits per heavy atom. The van der Waals surface area contributed by atoms with Gasteiger partial charge in [-0.25, -0.2) is 17.5 Å². The summed E-state index contributed by atoms with van der Waals surface area (Å²) < 4.78 is 39.8. The number of benzene rings is 1. The largest absolute Gasteiger partial charge is 0.389 e. The third kappa shape index (κ3) is 4.39. The van der Waals surface area contributed by atoms with Gasteiger partial charge in [-0.05, 0) is 31.0 Å². The van der Waals surface area contributed by atoms with Crippen molar-refractivity contribution < 1.29 is 17.9 Å². The molecule has 0 bridgehead atoms. The molecule has 2 N–H and O–H groups in total. The van der Waals surface area contributed by atoms with E-state index in [4.69, 9.17) is 11.6 Å². The molecule has 4 nitrogen and oxygen atoms in total. The molecule has 0 saturated heterocycles. The van der Waals surface area contributed by atoms with Crippen molar-refractivity contribution in [3.63, 3.8) is 0 Å². The van der Waals surface area contributed by atoms with Crippen LogP contribution < -0.4 is 4.72 Å². The van der Waals surface area contributed by atoms with Gasteiger partial charge in [0, 0.05) is 6.54 Å². The van der Waals surface area contributed by atoms with Crippen molar-refractivity contribution in [2.75, 3.05) is 6.54 Å². The summed E-state index contributed by atoms with van der Waals surface area (Å²) in [6.07, 6.45) is 5.06. The van der Waals surface area contributed by atoms with Gasteiger partial charge in [-0.3, -0.25) is 0 Å². The highest BCUT2D eigenvalue weighted by Crippen LogP contribution is 2.27. The fourth-order valence-corrected chi connectivity index (χ4v) is 3.91. The number of rotatable bonds is 4. The lowest BCUT2D eigenvalue weighted by atomic mass is 9.95. The van der Waals surface area contributed by atoms with Crippen LogP contribution in [0.5, 0.6) is 0 Å². The van der Waals surface area contributed by atoms with E-state index in [1.54, 1.807) is 0 Å². The van der Waals surface area contributed by atoms with Gasteiger partial charge in [0.1, 0.15) is 5.82 Å². The molecule has 1 saturated carbocycles. The van der Waals surface area contributed by atoms with E-state index in [0.717, 1.165) is 43.9 Å². The zero-order chi connectivity index (χ0) is 15.5. The van der Waals surface area contributed by atoms with E-state index in [9.17, 15) is 17.9 Å². The van der Waals surface area contributed by atoms with Gasteiger partial charge >= 0.3 is 0 Å². The average Bonchev–Trinajstić information content (AvgIpc) is 2.65. The number of halogens is 2. The second-order valence-electron chi connectivity index (χ2n) is 5.54. The van der Waals surface area contributed by atoms with Gasteiger partial charge in [0.2, 0.25) is 10.0 Å². The number of hydrogen-bond donors (Lipinski definition) is 2. The van der Waals surface area contributed by atoms with Crippen LogP contribution in [0.3, 0.4) is 0 Å². The normalized spacial score (nSPS) is 19.2. The molecule has 0 amide bonds. The summed E-state index contributed by atoms with van der Waals surface area (Å²) in [6, 6.07) is 3.23. The monoisotopic (exact) mass is 335 g/mol. The molecule has 0 aromatic heterocycles. The highest BCUT2D eigenvalue weighted by Gasteiger charge is 2.30. The maximum atomic E-state index is 13.1. The van der Waals surface area contributed by atoms with Crippen LogP contribution in [0, 0.1) is 5.82 Å². The lowest BCUT2D eigenvalue weighted by molar-refractivity contribution is 0.0303. The molecule has 1 aliphatic carbocycles. The summed E-state index contributed by atoms with van der Waals surface area (Å²) in [6.45, 7) is -0.0374. The first-order chi connectivity index (χ1) is 9.82. The van der Waals surface area contributed by atoms with Crippen molar-refractivity contribution in [3.8, 4) is 0 Å². The second kappa shape index (κ2) is 6.60. The van der Waals surface area contributed by atoms with Gasteiger partial charge in [-0.1, -0.05) is 37.3 Å². The molecule has 0 unspecified atom stereocenters. The number of aliphatic hydroxyl groups is 1. The minimum atomic E-state index is -3.81. The molecule has 1 aromatic carbocycles. The standard InChI is InChI=1S/C14H19ClFNO3S/c15-12-9-11(5-6-13(12)16)21(19,20)17-10-14(18)7-3-1-2-4-8-14/h5-6,9,17-18H,1-4,7-8,10H2. The van der Waals surface area contributed by atoms with Crippen molar-refractivity contribution in [2.24, 2.45) is 0 Å². The molecule has 0 radical (unpaired) electrons. The van der Waals surface area contributed by atoms with Crippen LogP contribution in [-0.4, -0.2) is 25.7 Å². The zero-order valence-electron chi connectivity index (χ0n) is 11.6. The number of sulfonamides is 1. The van der Waals surface area contributed by atoms with Crippen molar-refractivity contribution in [1.82, 2.24) is 4.72 Å². The number of hydrogen-bond acceptors (Lipinski definition) is 3. The van der Waals surface area contributed by atoms with Gasteiger partial charge in [0.05, 0.1) is 15.5 Å². The number of nitrogens with one attached hydrogen (secondary N) is 1. The van der Waals surface area contributed by atoms with E-state index in [2.05, 4.69) is 4.72 Å². The Morgan fingerprint density at radius 1 is 1.24 bits per heavy atom. The van der Waals surface area contributed by atoms with Crippen LogP contribution in [0.25, 0.3) is 0 Å². The minimum Gasteiger partial charge on any atom is -0.389 e. The highest BCUT2D eigenvalue weighted by molar-refractivity contribution is 7.89. The lowest BCUT2D eigenvalue weighted by Gasteiger charge is -2.26. The molecule has 0 atom stereocenters. The molecule has 1 fully saturated rings. The van der Waals surface area contributed by atoms with E-state index in [0.29, 0.717) is 12.8 Å². The average molecular weight is 336 g/mol. The Balaban J connectivity index is 2.08. The summed E-state index contributed by atoms with van der Waals surface area (Å²) in [5, 5.41) is 10.2. The van der Waals surface area contributed by atoms with Crippen molar-refractivity contribution in [2.45, 2.75) is 49.0 Å². The van der Waals surface area contributed by atoms with Gasteiger partial charge < -0.3 is 5.11 Å². The molecule has 0 aliphatic heterocycles. The van der Waals surface area contributed by atoms with Crippen LogP contribution in [0.2, 0.25) is 5.02 Å². The highest BCUT2D eigenvalue weighted by atomic mass is 35.5. The molecule has 1 aromatic rings. The van der Waals surface area contributed by atoms with Crippen molar-refractivity contribution in [1.29, 1.82) is 0 Å². The Bertz CT molecular complexity index is 598. The van der Waals surface area contributed by atoms with Gasteiger partial charge in [-0.2, -0.15) is 0 Å². The van der Waals surface area contributed by atoms with E-state index in [-0.39, 0.29) is 16.5 Å². The molecule has 21 heavy (non-hydrogen) atoms. The molecule has 7 heteroatoms. The first-order valence-corrected chi connectivity index (χ1v) is 8.86. The molecular weight excluding hydrogens is 317 g/mol. The molecule has 1 aliphatic rings. The predicted octanol–water partition coefficient (Wildman–Crippen LogP) is 2.84. The summed E-state index contributed by atoms with van der Waals surface area (Å²) in [5.41, 5.74) is -1.01. The molecular formula is C14H19ClFNO3S. The summed E-state index contributed by atoms with van der Waals surface area (Å²) in [4.78, 5) is -0.105. The Labute approximate surface area is 129 Å². The maximum absolute atomic E-state index is 13.1. The molecule has 0 spiro atoms. The predicted molar refractivity (Wildman–Crippen MR) is 79.3 cm³/mol. The van der Waals surface area contributed by atoms with E-state index in [1.165, 1.54) is 0 Å². The third-order valence-corrected chi connectivity index (χ3v) is 5.52. The van der Waals surface area contributed by atoms with Gasteiger partial charge in [0.15, 0.2) is 0 Å². The second-order valence-corrected chi connectivity index (χ2v) is 7.71. The Hall–Kier alpha value is -0.690. The van der Waals surface area contributed by atoms with E-state index < -0.39 is 21.4 Å². The lowest BCUT2D eigenvalue weighted by Crippen LogP contribution is -2.42. The SMILES string of the molecule is O=S(=O)(NCC1(O)CCCCCC1)c1ccc(F)c(Cl)c1. The first-order valence-electron chi connectivity index (χ1n) is 7.00. The Kier molecular flexibility index (Phi) is 5.24. The van der Waals surface area contributed by atoms with E-state index >= 15 is 0 Å². The van der Waals surface area contributed by atoms with Crippen LogP contribution in [-0.2, 0) is 10.0 Å². The summed E-state index contributed by atoms with van der Waals surface area (Å²) in [7, 11) is -3.81. The van der Waals surface area contributed by atoms with Gasteiger partial charge in [0.25, 0.3) is 0 Å². The van der Waals surface area contributed by atoms with Crippen LogP contribution in [0.4, 0.5) is 4.39 Å². The van der Waals surface area contributed by atoms with E-state index in [1.807, 2.05) is 0 Å². The van der Waals surface area contributed by atoms with Crippen LogP contribution >= 0.6 is 11.6 Å². The van der Waals surface area contributed by atoms with Crippen molar-refractivity contribution in [3.05, 3.63) is 29.0 Å². The zero-order valence-corrected chi connectivity index (χ0v) is 13.2. The fourth-order valence-electron chi connectivity index (χ4n) is 2.52. The quantitative estimate of drug-likeness (QED) is 0.831. The van der Waals surface area contributed by atoms with Crippen LogP contribution in [0.15, 0.2) is 23.1 Å². The smallest absolute Gasteiger partial charge is 0.240 e. The first kappa shape index (κ1) is 16.7. The third-order valence-electron chi connectivity index (χ3n) is 3.83. The van der Waals surface area contributed by atoms with Crippen LogP contribution in [0.1, 0.15) is 38.5 Å². The minimum absolute atomic E-state index is 0.0374. The fraction of sp³-hybridized carbons (Fsp3) is 0.571. The topological polar surface area (TPSA) is 66.4 Å². The maximum Gasteiger partial charge on any atom is 0.240 e.